The van der Waals surface area contributed by atoms with Crippen molar-refractivity contribution in [1.82, 2.24) is 0 Å². The van der Waals surface area contributed by atoms with Crippen molar-refractivity contribution in [1.29, 1.82) is 0 Å². The molecule has 0 heterocycles. The molecule has 0 amide bonds. The SMILES string of the molecule is C=C[Si](Oc1ccc(C2(c3ccc(Oc4ccc([N+](=O)[O-])cc4)cc3)c3ccccc3-c3ccccc32)cc1)(Oc1ccc(C2(c3ccc(Oc4ccc([N+](=O)[O-])cc4)cc3)c3ccccc3-c3ccccc32)cc1)c1ccccc1. The molecule has 0 saturated carbocycles. The molecule has 0 atom stereocenters. The van der Waals surface area contributed by atoms with Crippen LogP contribution < -0.4 is 23.5 Å². The number of nitro groups is 2. The fourth-order valence-electron chi connectivity index (χ4n) is 12.0. The predicted molar refractivity (Wildman–Crippen MR) is 317 cm³/mol. The van der Waals surface area contributed by atoms with Crippen LogP contribution in [0.3, 0.4) is 0 Å². The summed E-state index contributed by atoms with van der Waals surface area (Å²) in [6.07, 6.45) is 0. The van der Waals surface area contributed by atoms with E-state index < -0.39 is 29.2 Å². The second-order valence-corrected chi connectivity index (χ2v) is 22.7. The highest BCUT2D eigenvalue weighted by Gasteiger charge is 2.48. The summed E-state index contributed by atoms with van der Waals surface area (Å²) in [5.74, 6) is 3.42. The molecule has 2 aliphatic carbocycles. The van der Waals surface area contributed by atoms with Gasteiger partial charge in [-0.2, -0.15) is 0 Å². The molecule has 0 unspecified atom stereocenters. The molecule has 10 nitrogen and oxygen atoms in total. The van der Waals surface area contributed by atoms with Gasteiger partial charge in [-0.3, -0.25) is 20.2 Å². The van der Waals surface area contributed by atoms with Crippen LogP contribution in [-0.2, 0) is 10.8 Å². The number of nitro benzene ring substituents is 2. The number of non-ortho nitro benzene ring substituents is 2. The molecule has 13 rings (SSSR count). The fraction of sp³-hybridized carbons (Fsp3) is 0.0286. The van der Waals surface area contributed by atoms with Crippen LogP contribution in [0.25, 0.3) is 22.3 Å². The lowest BCUT2D eigenvalue weighted by Gasteiger charge is -2.35. The van der Waals surface area contributed by atoms with Crippen molar-refractivity contribution < 1.29 is 28.2 Å². The Hall–Kier alpha value is -10.6. The van der Waals surface area contributed by atoms with Gasteiger partial charge in [0.15, 0.2) is 0 Å². The Bertz CT molecular complexity index is 3830. The Labute approximate surface area is 468 Å². The first-order valence-electron chi connectivity index (χ1n) is 26.4. The second kappa shape index (κ2) is 20.3. The van der Waals surface area contributed by atoms with Crippen LogP contribution in [0.5, 0.6) is 34.5 Å². The van der Waals surface area contributed by atoms with Crippen LogP contribution in [-0.4, -0.2) is 18.4 Å². The van der Waals surface area contributed by atoms with E-state index in [-0.39, 0.29) is 11.4 Å². The summed E-state index contributed by atoms with van der Waals surface area (Å²) in [5.41, 5.74) is 13.7. The maximum Gasteiger partial charge on any atom is 0.523 e. The highest BCUT2D eigenvalue weighted by Crippen LogP contribution is 2.58. The first-order valence-corrected chi connectivity index (χ1v) is 28.3. The second-order valence-electron chi connectivity index (χ2n) is 19.9. The maximum absolute atomic E-state index is 11.3. The zero-order valence-corrected chi connectivity index (χ0v) is 44.4. The van der Waals surface area contributed by atoms with Crippen LogP contribution in [0.1, 0.15) is 44.5 Å². The van der Waals surface area contributed by atoms with Crippen molar-refractivity contribution in [2.75, 3.05) is 0 Å². The van der Waals surface area contributed by atoms with Crippen LogP contribution >= 0.6 is 0 Å². The van der Waals surface area contributed by atoms with Gasteiger partial charge in [0.05, 0.1) is 20.7 Å². The first-order chi connectivity index (χ1) is 39.7. The van der Waals surface area contributed by atoms with E-state index in [4.69, 9.17) is 18.3 Å². The van der Waals surface area contributed by atoms with Gasteiger partial charge in [0.1, 0.15) is 34.5 Å². The molecule has 0 bridgehead atoms. The van der Waals surface area contributed by atoms with E-state index in [0.29, 0.717) is 34.5 Å². The zero-order valence-electron chi connectivity index (χ0n) is 43.4. The van der Waals surface area contributed by atoms with E-state index in [1.807, 2.05) is 84.6 Å². The smallest absolute Gasteiger partial charge is 0.506 e. The Morgan fingerprint density at radius 1 is 0.333 bits per heavy atom. The van der Waals surface area contributed by atoms with Crippen LogP contribution in [0.4, 0.5) is 11.4 Å². The van der Waals surface area contributed by atoms with Crippen molar-refractivity contribution in [3.63, 3.8) is 0 Å². The number of ether oxygens (including phenoxy) is 2. The molecule has 0 N–H and O–H groups in total. The lowest BCUT2D eigenvalue weighted by molar-refractivity contribution is -0.385. The van der Waals surface area contributed by atoms with E-state index in [1.165, 1.54) is 24.3 Å². The summed E-state index contributed by atoms with van der Waals surface area (Å²) in [6, 6.07) is 89.1. The monoisotopic (exact) mass is 1070 g/mol. The molecule has 0 fully saturated rings. The standard InChI is InChI=1S/C70H48N2O8Si/c1-2-81(60-14-4-3-5-15-60,79-58-40-28-50(29-41-58)69(65-20-10-6-16-61(65)62-17-7-11-21-66(62)69)48-24-36-54(37-25-48)77-56-44-32-52(33-45-56)71(73)74)80-59-42-30-51(31-43-59)70(67-22-12-8-18-63(67)64-19-9-13-23-68(64)70)49-26-38-55(39-27-49)78-57-46-34-53(35-47-57)72(75)76/h2-47H,1H2. The third-order valence-corrected chi connectivity index (χ3v) is 18.4. The normalized spacial score (nSPS) is 13.1. The number of hydrogen-bond donors (Lipinski definition) is 0. The van der Waals surface area contributed by atoms with Crippen molar-refractivity contribution in [2.24, 2.45) is 0 Å². The maximum atomic E-state index is 11.3. The lowest BCUT2D eigenvalue weighted by atomic mass is 9.68. The fourth-order valence-corrected chi connectivity index (χ4v) is 14.4. The molecular formula is C70H48N2O8Si. The Morgan fingerprint density at radius 2 is 0.593 bits per heavy atom. The first kappa shape index (κ1) is 49.9. The number of benzene rings is 11. The van der Waals surface area contributed by atoms with E-state index >= 15 is 0 Å². The zero-order chi connectivity index (χ0) is 55.1. The van der Waals surface area contributed by atoms with Gasteiger partial charge in [0.25, 0.3) is 11.4 Å². The molecule has 0 spiro atoms. The largest absolute Gasteiger partial charge is 0.523 e. The minimum atomic E-state index is -3.55. The minimum absolute atomic E-state index is 0.00430. The van der Waals surface area contributed by atoms with E-state index in [0.717, 1.165) is 71.9 Å². The predicted octanol–water partition coefficient (Wildman–Crippen LogP) is 16.3. The molecule has 0 aromatic heterocycles. The summed E-state index contributed by atoms with van der Waals surface area (Å²) >= 11 is 0. The molecule has 0 saturated heterocycles. The molecule has 11 heteroatoms. The molecule has 390 valence electrons. The Kier molecular flexibility index (Phi) is 12.5. The van der Waals surface area contributed by atoms with E-state index in [9.17, 15) is 20.2 Å². The van der Waals surface area contributed by atoms with Gasteiger partial charge in [0, 0.05) is 29.5 Å². The summed E-state index contributed by atoms with van der Waals surface area (Å²) < 4.78 is 26.8. The lowest BCUT2D eigenvalue weighted by Crippen LogP contribution is -2.58. The summed E-state index contributed by atoms with van der Waals surface area (Å²) in [7, 11) is -3.55. The summed E-state index contributed by atoms with van der Waals surface area (Å²) in [6.45, 7) is 4.39. The molecular weight excluding hydrogens is 1020 g/mol. The summed E-state index contributed by atoms with van der Waals surface area (Å²) in [5, 5.41) is 23.5. The van der Waals surface area contributed by atoms with Crippen LogP contribution in [0, 0.1) is 20.2 Å². The number of rotatable bonds is 16. The van der Waals surface area contributed by atoms with Gasteiger partial charge in [-0.25, -0.2) is 0 Å². The molecule has 11 aromatic rings. The van der Waals surface area contributed by atoms with Gasteiger partial charge in [0.2, 0.25) is 0 Å². The average Bonchev–Trinajstić information content (AvgIpc) is 4.22. The molecule has 11 aromatic carbocycles. The van der Waals surface area contributed by atoms with Crippen LogP contribution in [0.2, 0.25) is 0 Å². The van der Waals surface area contributed by atoms with Gasteiger partial charge >= 0.3 is 8.56 Å². The minimum Gasteiger partial charge on any atom is -0.506 e. The quantitative estimate of drug-likeness (QED) is 0.0532. The van der Waals surface area contributed by atoms with Gasteiger partial charge in [-0.1, -0.05) is 183 Å². The van der Waals surface area contributed by atoms with Crippen molar-refractivity contribution >= 4 is 25.1 Å². The van der Waals surface area contributed by atoms with Gasteiger partial charge < -0.3 is 18.3 Å². The Balaban J connectivity index is 0.846. The molecule has 81 heavy (non-hydrogen) atoms. The highest BCUT2D eigenvalue weighted by molar-refractivity contribution is 6.86. The van der Waals surface area contributed by atoms with Gasteiger partial charge in [-0.05, 0) is 145 Å². The Morgan fingerprint density at radius 3 is 0.877 bits per heavy atom. The van der Waals surface area contributed by atoms with Crippen LogP contribution in [0.15, 0.2) is 285 Å². The van der Waals surface area contributed by atoms with E-state index in [1.54, 1.807) is 24.3 Å². The van der Waals surface area contributed by atoms with Gasteiger partial charge in [-0.15, -0.1) is 0 Å². The van der Waals surface area contributed by atoms with Crippen molar-refractivity contribution in [3.8, 4) is 56.8 Å². The van der Waals surface area contributed by atoms with Crippen molar-refractivity contribution in [2.45, 2.75) is 10.8 Å². The topological polar surface area (TPSA) is 123 Å². The third-order valence-electron chi connectivity index (χ3n) is 15.6. The third kappa shape index (κ3) is 8.51. The summed E-state index contributed by atoms with van der Waals surface area (Å²) in [4.78, 5) is 21.8. The van der Waals surface area contributed by atoms with E-state index in [2.05, 4.69) is 152 Å². The number of fused-ring (bicyclic) bond motifs is 6. The molecule has 2 aliphatic rings. The number of hydrogen-bond acceptors (Lipinski definition) is 8. The van der Waals surface area contributed by atoms with Crippen molar-refractivity contribution in [3.05, 3.63) is 350 Å². The highest BCUT2D eigenvalue weighted by atomic mass is 28.4. The average molecular weight is 1070 g/mol. The molecule has 0 radical (unpaired) electrons. The molecule has 0 aliphatic heterocycles. The number of nitrogens with zero attached hydrogens (tertiary/aromatic N) is 2.